The summed E-state index contributed by atoms with van der Waals surface area (Å²) in [6, 6.07) is 6.76. The van der Waals surface area contributed by atoms with Gasteiger partial charge in [-0.25, -0.2) is 0 Å². The third-order valence-electron chi connectivity index (χ3n) is 3.97. The molecule has 1 saturated carbocycles. The average Bonchev–Trinajstić information content (AvgIpc) is 2.40. The topological polar surface area (TPSA) is 49.3 Å². The summed E-state index contributed by atoms with van der Waals surface area (Å²) in [5.74, 6) is -0.771. The lowest BCUT2D eigenvalue weighted by molar-refractivity contribution is -0.142. The van der Waals surface area contributed by atoms with Crippen LogP contribution in [-0.4, -0.2) is 17.1 Å². The molecule has 4 heteroatoms. The van der Waals surface area contributed by atoms with Crippen LogP contribution in [0.5, 0.6) is 0 Å². The van der Waals surface area contributed by atoms with Crippen LogP contribution in [0.1, 0.15) is 36.8 Å². The Kier molecular flexibility index (Phi) is 4.99. The van der Waals surface area contributed by atoms with Crippen molar-refractivity contribution >= 4 is 21.9 Å². The number of aliphatic carboxylic acids is 1. The van der Waals surface area contributed by atoms with Gasteiger partial charge in [-0.15, -0.1) is 0 Å². The van der Waals surface area contributed by atoms with Crippen molar-refractivity contribution in [2.24, 2.45) is 5.92 Å². The van der Waals surface area contributed by atoms with E-state index in [0.717, 1.165) is 36.7 Å². The van der Waals surface area contributed by atoms with E-state index >= 15 is 0 Å². The summed E-state index contributed by atoms with van der Waals surface area (Å²) in [7, 11) is 0. The zero-order chi connectivity index (χ0) is 13.8. The first-order valence-electron chi connectivity index (χ1n) is 6.77. The van der Waals surface area contributed by atoms with E-state index in [-0.39, 0.29) is 5.92 Å². The van der Waals surface area contributed by atoms with Gasteiger partial charge < -0.3 is 10.4 Å². The Morgan fingerprint density at radius 2 is 2.05 bits per heavy atom. The number of halogens is 1. The molecule has 0 spiro atoms. The Hall–Kier alpha value is -0.870. The van der Waals surface area contributed by atoms with Gasteiger partial charge in [-0.1, -0.05) is 22.0 Å². The zero-order valence-corrected chi connectivity index (χ0v) is 12.7. The first-order valence-corrected chi connectivity index (χ1v) is 7.57. The molecule has 1 aromatic rings. The highest BCUT2D eigenvalue weighted by molar-refractivity contribution is 9.10. The molecule has 1 aromatic carbocycles. The van der Waals surface area contributed by atoms with Crippen LogP contribution in [0.15, 0.2) is 22.7 Å². The minimum atomic E-state index is -0.638. The maximum absolute atomic E-state index is 10.9. The van der Waals surface area contributed by atoms with Crippen LogP contribution in [0.4, 0.5) is 0 Å². The summed E-state index contributed by atoms with van der Waals surface area (Å²) in [4.78, 5) is 10.9. The van der Waals surface area contributed by atoms with Crippen LogP contribution >= 0.6 is 15.9 Å². The molecule has 0 unspecified atom stereocenters. The molecule has 0 atom stereocenters. The second kappa shape index (κ2) is 6.53. The third-order valence-corrected chi connectivity index (χ3v) is 4.46. The summed E-state index contributed by atoms with van der Waals surface area (Å²) >= 11 is 3.49. The van der Waals surface area contributed by atoms with E-state index in [9.17, 15) is 4.79 Å². The molecule has 0 aromatic heterocycles. The van der Waals surface area contributed by atoms with E-state index in [1.54, 1.807) is 0 Å². The van der Waals surface area contributed by atoms with Crippen molar-refractivity contribution in [2.75, 3.05) is 0 Å². The first-order chi connectivity index (χ1) is 9.06. The molecular formula is C15H20BrNO2. The van der Waals surface area contributed by atoms with Gasteiger partial charge in [-0.3, -0.25) is 4.79 Å². The van der Waals surface area contributed by atoms with Crippen LogP contribution in [0.3, 0.4) is 0 Å². The van der Waals surface area contributed by atoms with Gasteiger partial charge in [-0.05, 0) is 55.9 Å². The molecule has 2 rings (SSSR count). The molecule has 0 saturated heterocycles. The molecule has 1 aliphatic rings. The summed E-state index contributed by atoms with van der Waals surface area (Å²) in [6.07, 6.45) is 3.52. The number of benzene rings is 1. The smallest absolute Gasteiger partial charge is 0.306 e. The normalized spacial score (nSPS) is 23.3. The molecule has 1 fully saturated rings. The zero-order valence-electron chi connectivity index (χ0n) is 11.2. The minimum Gasteiger partial charge on any atom is -0.481 e. The maximum atomic E-state index is 10.9. The SMILES string of the molecule is Cc1ccc(Br)cc1CNC1CCC(C(=O)O)CC1. The van der Waals surface area contributed by atoms with E-state index in [1.807, 2.05) is 0 Å². The fraction of sp³-hybridized carbons (Fsp3) is 0.533. The number of aryl methyl sites for hydroxylation is 1. The molecule has 0 heterocycles. The summed E-state index contributed by atoms with van der Waals surface area (Å²) in [6.45, 7) is 2.97. The number of carboxylic acids is 1. The maximum Gasteiger partial charge on any atom is 0.306 e. The third kappa shape index (κ3) is 4.05. The number of carboxylic acid groups (broad SMARTS) is 1. The van der Waals surface area contributed by atoms with Gasteiger partial charge >= 0.3 is 5.97 Å². The van der Waals surface area contributed by atoms with Crippen molar-refractivity contribution in [3.05, 3.63) is 33.8 Å². The quantitative estimate of drug-likeness (QED) is 0.890. The Bertz CT molecular complexity index is 453. The second-order valence-electron chi connectivity index (χ2n) is 5.34. The van der Waals surface area contributed by atoms with Gasteiger partial charge in [0.2, 0.25) is 0 Å². The lowest BCUT2D eigenvalue weighted by Gasteiger charge is -2.27. The van der Waals surface area contributed by atoms with E-state index in [0.29, 0.717) is 6.04 Å². The lowest BCUT2D eigenvalue weighted by atomic mass is 9.86. The molecule has 19 heavy (non-hydrogen) atoms. The van der Waals surface area contributed by atoms with Crippen molar-refractivity contribution < 1.29 is 9.90 Å². The van der Waals surface area contributed by atoms with Crippen LogP contribution in [-0.2, 0) is 11.3 Å². The van der Waals surface area contributed by atoms with Crippen LogP contribution in [0.25, 0.3) is 0 Å². The highest BCUT2D eigenvalue weighted by Crippen LogP contribution is 2.25. The second-order valence-corrected chi connectivity index (χ2v) is 6.25. The van der Waals surface area contributed by atoms with Crippen molar-refractivity contribution in [1.82, 2.24) is 5.32 Å². The van der Waals surface area contributed by atoms with Crippen LogP contribution < -0.4 is 5.32 Å². The number of carbonyl (C=O) groups is 1. The van der Waals surface area contributed by atoms with Crippen molar-refractivity contribution in [3.8, 4) is 0 Å². The van der Waals surface area contributed by atoms with Gasteiger partial charge in [-0.2, -0.15) is 0 Å². The molecule has 0 radical (unpaired) electrons. The van der Waals surface area contributed by atoms with Gasteiger partial charge in [0.1, 0.15) is 0 Å². The Balaban J connectivity index is 1.83. The molecule has 2 N–H and O–H groups in total. The number of hydrogen-bond acceptors (Lipinski definition) is 2. The summed E-state index contributed by atoms with van der Waals surface area (Å²) in [5, 5.41) is 12.5. The minimum absolute atomic E-state index is 0.134. The molecule has 0 amide bonds. The Morgan fingerprint density at radius 3 is 2.68 bits per heavy atom. The van der Waals surface area contributed by atoms with Gasteiger partial charge in [0, 0.05) is 17.1 Å². The highest BCUT2D eigenvalue weighted by Gasteiger charge is 2.25. The molecular weight excluding hydrogens is 306 g/mol. The van der Waals surface area contributed by atoms with Gasteiger partial charge in [0.15, 0.2) is 0 Å². The molecule has 0 bridgehead atoms. The van der Waals surface area contributed by atoms with Crippen LogP contribution in [0, 0.1) is 12.8 Å². The van der Waals surface area contributed by atoms with Crippen molar-refractivity contribution in [3.63, 3.8) is 0 Å². The van der Waals surface area contributed by atoms with Gasteiger partial charge in [0.25, 0.3) is 0 Å². The average molecular weight is 326 g/mol. The Morgan fingerprint density at radius 1 is 1.37 bits per heavy atom. The Labute approximate surface area is 122 Å². The van der Waals surface area contributed by atoms with Crippen molar-refractivity contribution in [2.45, 2.75) is 45.2 Å². The predicted molar refractivity (Wildman–Crippen MR) is 79.1 cm³/mol. The van der Waals surface area contributed by atoms with E-state index < -0.39 is 5.97 Å². The lowest BCUT2D eigenvalue weighted by Crippen LogP contribution is -2.34. The first kappa shape index (κ1) is 14.5. The fourth-order valence-corrected chi connectivity index (χ4v) is 3.04. The van der Waals surface area contributed by atoms with E-state index in [2.05, 4.69) is 46.4 Å². The van der Waals surface area contributed by atoms with Gasteiger partial charge in [0.05, 0.1) is 5.92 Å². The monoisotopic (exact) mass is 325 g/mol. The number of nitrogens with one attached hydrogen (secondary N) is 1. The standard InChI is InChI=1S/C15H20BrNO2/c1-10-2-5-13(16)8-12(10)9-17-14-6-3-11(4-7-14)15(18)19/h2,5,8,11,14,17H,3-4,6-7,9H2,1H3,(H,18,19). The molecule has 0 aliphatic heterocycles. The number of rotatable bonds is 4. The number of hydrogen-bond donors (Lipinski definition) is 2. The predicted octanol–water partition coefficient (Wildman–Crippen LogP) is 3.49. The summed E-state index contributed by atoms with van der Waals surface area (Å²) < 4.78 is 1.10. The molecule has 104 valence electrons. The summed E-state index contributed by atoms with van der Waals surface area (Å²) in [5.41, 5.74) is 2.59. The largest absolute Gasteiger partial charge is 0.481 e. The molecule has 3 nitrogen and oxygen atoms in total. The van der Waals surface area contributed by atoms with Crippen molar-refractivity contribution in [1.29, 1.82) is 0 Å². The fourth-order valence-electron chi connectivity index (χ4n) is 2.63. The molecule has 1 aliphatic carbocycles. The van der Waals surface area contributed by atoms with E-state index in [4.69, 9.17) is 5.11 Å². The van der Waals surface area contributed by atoms with Crippen LogP contribution in [0.2, 0.25) is 0 Å². The van der Waals surface area contributed by atoms with E-state index in [1.165, 1.54) is 11.1 Å². The highest BCUT2D eigenvalue weighted by atomic mass is 79.9.